The van der Waals surface area contributed by atoms with Crippen LogP contribution in [0.4, 0.5) is 0 Å². The Bertz CT molecular complexity index is 1420. The van der Waals surface area contributed by atoms with Gasteiger partial charge in [-0.1, -0.05) is 142 Å². The summed E-state index contributed by atoms with van der Waals surface area (Å²) in [6.45, 7) is 24.9. The van der Waals surface area contributed by atoms with E-state index in [1.54, 1.807) is 5.57 Å². The zero-order valence-electron chi connectivity index (χ0n) is 44.7. The van der Waals surface area contributed by atoms with E-state index in [4.69, 9.17) is 13.6 Å². The molecule has 4 rings (SSSR count). The number of aliphatic hydroxyl groups is 2. The predicted octanol–water partition coefficient (Wildman–Crippen LogP) is 15.5. The normalized spacial score (nSPS) is 28.4. The van der Waals surface area contributed by atoms with Gasteiger partial charge >= 0.3 is 8.56 Å². The molecule has 0 amide bonds. The third kappa shape index (κ3) is 18.3. The standard InChI is InChI=1S/C59H107NO5Si/c1-10-12-13-14-15-16-17-18-19-20-21-22-23-24-27-30-57(65-66(8,9)63-46-29-26-25-28-41-60(42-44-61)43-45-62)64-52-37-39-58(6)51(47-52)33-34-53-55-36-35-54(59(55,7)40-38-56(53)58)49(5)31-32-50(11-2)48(3)4/h15-16,18-19,31-33,48-50,52-57,61-62H,10-14,17,20-30,34-47H2,1-9H3/b16-15-,19-18-,32-31+. The first-order valence-corrected chi connectivity index (χ1v) is 31.2. The van der Waals surface area contributed by atoms with E-state index in [1.807, 2.05) is 0 Å². The Kier molecular flexibility index (Phi) is 26.7. The van der Waals surface area contributed by atoms with Crippen LogP contribution in [0.25, 0.3) is 0 Å². The van der Waals surface area contributed by atoms with Crippen molar-refractivity contribution in [3.8, 4) is 0 Å². The molecule has 0 aromatic carbocycles. The molecule has 0 saturated heterocycles. The summed E-state index contributed by atoms with van der Waals surface area (Å²) >= 11 is 0. The molecule has 0 aromatic rings. The van der Waals surface area contributed by atoms with E-state index in [-0.39, 0.29) is 25.6 Å². The number of nitrogens with zero attached hydrogens (tertiary/aromatic N) is 1. The molecule has 0 bridgehead atoms. The highest BCUT2D eigenvalue weighted by atomic mass is 28.4. The van der Waals surface area contributed by atoms with E-state index in [2.05, 4.69) is 109 Å². The first kappa shape index (κ1) is 57.5. The van der Waals surface area contributed by atoms with Gasteiger partial charge in [0.2, 0.25) is 0 Å². The number of allylic oxidation sites excluding steroid dienone is 7. The number of fused-ring (bicyclic) bond motifs is 5. The summed E-state index contributed by atoms with van der Waals surface area (Å²) in [5, 5.41) is 18.7. The molecule has 4 aliphatic carbocycles. The Morgan fingerprint density at radius 1 is 0.758 bits per heavy atom. The van der Waals surface area contributed by atoms with Gasteiger partial charge in [0.1, 0.15) is 6.29 Å². The van der Waals surface area contributed by atoms with Crippen LogP contribution in [-0.2, 0) is 13.6 Å². The van der Waals surface area contributed by atoms with Crippen molar-refractivity contribution in [1.82, 2.24) is 4.90 Å². The second-order valence-electron chi connectivity index (χ2n) is 23.1. The van der Waals surface area contributed by atoms with Gasteiger partial charge in [0.15, 0.2) is 0 Å². The van der Waals surface area contributed by atoms with Crippen LogP contribution >= 0.6 is 0 Å². The first-order valence-electron chi connectivity index (χ1n) is 28.4. The van der Waals surface area contributed by atoms with Gasteiger partial charge in [-0.05, 0) is 187 Å². The average molecular weight is 939 g/mol. The van der Waals surface area contributed by atoms with Crippen molar-refractivity contribution >= 4 is 8.56 Å². The first-order chi connectivity index (χ1) is 31.8. The number of hydrogen-bond donors (Lipinski definition) is 2. The number of ether oxygens (including phenoxy) is 1. The lowest BCUT2D eigenvalue weighted by molar-refractivity contribution is -0.150. The number of hydrogen-bond acceptors (Lipinski definition) is 6. The monoisotopic (exact) mass is 938 g/mol. The third-order valence-electron chi connectivity index (χ3n) is 17.6. The van der Waals surface area contributed by atoms with Crippen LogP contribution in [0.1, 0.15) is 209 Å². The molecule has 0 spiro atoms. The van der Waals surface area contributed by atoms with Crippen LogP contribution in [0.5, 0.6) is 0 Å². The van der Waals surface area contributed by atoms with Gasteiger partial charge in [-0.15, -0.1) is 0 Å². The quantitative estimate of drug-likeness (QED) is 0.0286. The molecule has 0 heterocycles. The number of unbranched alkanes of at least 4 members (excludes halogenated alkanes) is 11. The van der Waals surface area contributed by atoms with E-state index in [1.165, 1.54) is 103 Å². The van der Waals surface area contributed by atoms with Crippen molar-refractivity contribution in [2.24, 2.45) is 52.3 Å². The molecule has 7 heteroatoms. The summed E-state index contributed by atoms with van der Waals surface area (Å²) in [4.78, 5) is 2.15. The lowest BCUT2D eigenvalue weighted by Gasteiger charge is -2.58. The van der Waals surface area contributed by atoms with Crippen LogP contribution in [0.3, 0.4) is 0 Å². The molecule has 0 radical (unpaired) electrons. The SMILES string of the molecule is CCCCC/C=C\C/C=C\CCCCCCCC(OC1CCC2(C)C(=CCC3C2CCC2(C)C(C(C)/C=C/C(CC)C(C)C)CCC32)C1)O[Si](C)(C)OCCCCCCN(CCO)CCO. The van der Waals surface area contributed by atoms with Crippen LogP contribution in [-0.4, -0.2) is 75.5 Å². The van der Waals surface area contributed by atoms with Crippen molar-refractivity contribution < 1.29 is 23.8 Å². The summed E-state index contributed by atoms with van der Waals surface area (Å²) < 4.78 is 20.7. The molecule has 10 unspecified atom stereocenters. The van der Waals surface area contributed by atoms with E-state index in [0.717, 1.165) is 101 Å². The van der Waals surface area contributed by atoms with Crippen molar-refractivity contribution in [3.05, 3.63) is 48.1 Å². The minimum Gasteiger partial charge on any atom is -0.395 e. The van der Waals surface area contributed by atoms with E-state index >= 15 is 0 Å². The van der Waals surface area contributed by atoms with Crippen molar-refractivity contribution in [1.29, 1.82) is 0 Å². The predicted molar refractivity (Wildman–Crippen MR) is 284 cm³/mol. The second-order valence-corrected chi connectivity index (χ2v) is 26.4. The second kappa shape index (κ2) is 30.6. The highest BCUT2D eigenvalue weighted by Crippen LogP contribution is 2.67. The largest absolute Gasteiger partial charge is 0.395 e. The lowest BCUT2D eigenvalue weighted by Crippen LogP contribution is -2.51. The van der Waals surface area contributed by atoms with E-state index in [9.17, 15) is 10.2 Å². The Hall–Kier alpha value is -1.06. The van der Waals surface area contributed by atoms with Gasteiger partial charge in [-0.3, -0.25) is 4.90 Å². The average Bonchev–Trinajstić information content (AvgIpc) is 3.64. The highest BCUT2D eigenvalue weighted by molar-refractivity contribution is 6.64. The molecule has 382 valence electrons. The zero-order valence-corrected chi connectivity index (χ0v) is 45.7. The fourth-order valence-electron chi connectivity index (χ4n) is 13.5. The molecule has 0 aromatic heterocycles. The summed E-state index contributed by atoms with van der Waals surface area (Å²) in [5.74, 6) is 5.42. The van der Waals surface area contributed by atoms with Gasteiger partial charge in [-0.2, -0.15) is 0 Å². The highest BCUT2D eigenvalue weighted by Gasteiger charge is 2.59. The molecular weight excluding hydrogens is 831 g/mol. The Balaban J connectivity index is 1.30. The summed E-state index contributed by atoms with van der Waals surface area (Å²) in [7, 11) is -2.41. The summed E-state index contributed by atoms with van der Waals surface area (Å²) in [6.07, 6.45) is 48.0. The molecular formula is C59H107NO5Si. The molecule has 0 aliphatic heterocycles. The molecule has 2 N–H and O–H groups in total. The fraction of sp³-hybridized carbons (Fsp3) is 0.864. The molecule has 10 atom stereocenters. The summed E-state index contributed by atoms with van der Waals surface area (Å²) in [6, 6.07) is 0. The topological polar surface area (TPSA) is 71.4 Å². The molecule has 4 aliphatic rings. The minimum absolute atomic E-state index is 0.142. The van der Waals surface area contributed by atoms with E-state index < -0.39 is 8.56 Å². The molecule has 6 nitrogen and oxygen atoms in total. The Labute approximate surface area is 409 Å². The number of rotatable bonds is 35. The Morgan fingerprint density at radius 2 is 1.44 bits per heavy atom. The maximum absolute atomic E-state index is 9.33. The molecule has 3 saturated carbocycles. The van der Waals surface area contributed by atoms with Crippen LogP contribution in [0.15, 0.2) is 48.1 Å². The fourth-order valence-corrected chi connectivity index (χ4v) is 15.0. The maximum atomic E-state index is 9.33. The smallest absolute Gasteiger partial charge is 0.333 e. The van der Waals surface area contributed by atoms with Crippen LogP contribution in [0.2, 0.25) is 13.1 Å². The van der Waals surface area contributed by atoms with Gasteiger partial charge < -0.3 is 23.8 Å². The molecule has 3 fully saturated rings. The van der Waals surface area contributed by atoms with Crippen LogP contribution < -0.4 is 0 Å². The van der Waals surface area contributed by atoms with Gasteiger partial charge in [0.05, 0.1) is 19.3 Å². The van der Waals surface area contributed by atoms with E-state index in [0.29, 0.717) is 35.8 Å². The number of aliphatic hydroxyl groups excluding tert-OH is 2. The van der Waals surface area contributed by atoms with Crippen molar-refractivity contribution in [2.75, 3.05) is 39.5 Å². The summed E-state index contributed by atoms with van der Waals surface area (Å²) in [5.41, 5.74) is 2.48. The molecule has 66 heavy (non-hydrogen) atoms. The van der Waals surface area contributed by atoms with Crippen molar-refractivity contribution in [2.45, 2.75) is 234 Å². The van der Waals surface area contributed by atoms with Gasteiger partial charge in [0, 0.05) is 19.7 Å². The van der Waals surface area contributed by atoms with Gasteiger partial charge in [-0.25, -0.2) is 0 Å². The zero-order chi connectivity index (χ0) is 47.8. The Morgan fingerprint density at radius 3 is 2.14 bits per heavy atom. The maximum Gasteiger partial charge on any atom is 0.333 e. The minimum atomic E-state index is -2.41. The van der Waals surface area contributed by atoms with Gasteiger partial charge in [0.25, 0.3) is 0 Å². The third-order valence-corrected chi connectivity index (χ3v) is 19.3. The lowest BCUT2D eigenvalue weighted by atomic mass is 9.47. The van der Waals surface area contributed by atoms with Crippen molar-refractivity contribution in [3.63, 3.8) is 0 Å². The van der Waals surface area contributed by atoms with Crippen LogP contribution in [0, 0.1) is 52.3 Å².